The number of pyridine rings is 1. The van der Waals surface area contributed by atoms with Crippen molar-refractivity contribution in [1.82, 2.24) is 4.98 Å². The highest BCUT2D eigenvalue weighted by Crippen LogP contribution is 2.29. The molecule has 0 N–H and O–H groups in total. The normalized spacial score (nSPS) is 18.8. The minimum absolute atomic E-state index is 0.612. The molecule has 0 spiro atoms. The standard InChI is InChI=1S/C14H19NO3S/c1-11(10-18-19-3)9-12-5-4-6-13(15-12)14(2)16-7-8-17-14/h4-6,9H,7-8,10H2,1-3H3/p+1/b11-9+. The lowest BCUT2D eigenvalue weighted by Crippen LogP contribution is -2.24. The summed E-state index contributed by atoms with van der Waals surface area (Å²) < 4.78 is 16.6. The maximum atomic E-state index is 5.62. The molecule has 0 atom stereocenters. The van der Waals surface area contributed by atoms with Crippen molar-refractivity contribution in [2.75, 3.05) is 26.1 Å². The van der Waals surface area contributed by atoms with Gasteiger partial charge in [0.05, 0.1) is 24.6 Å². The molecule has 2 heterocycles. The van der Waals surface area contributed by atoms with Crippen molar-refractivity contribution in [2.24, 2.45) is 0 Å². The van der Waals surface area contributed by atoms with Crippen molar-refractivity contribution in [3.63, 3.8) is 0 Å². The van der Waals surface area contributed by atoms with Crippen LogP contribution in [0.25, 0.3) is 6.08 Å². The average Bonchev–Trinajstić information content (AvgIpc) is 2.85. The fraction of sp³-hybridized carbons (Fsp3) is 0.500. The number of nitrogens with zero attached hydrogens (tertiary/aromatic N) is 1. The van der Waals surface area contributed by atoms with Gasteiger partial charge in [0.1, 0.15) is 24.9 Å². The predicted octanol–water partition coefficient (Wildman–Crippen LogP) is 2.08. The van der Waals surface area contributed by atoms with Crippen LogP contribution in [0.5, 0.6) is 0 Å². The van der Waals surface area contributed by atoms with Crippen molar-refractivity contribution in [2.45, 2.75) is 19.6 Å². The molecule has 5 heteroatoms. The van der Waals surface area contributed by atoms with Crippen LogP contribution in [0.15, 0.2) is 23.8 Å². The van der Waals surface area contributed by atoms with Crippen molar-refractivity contribution < 1.29 is 13.7 Å². The van der Waals surface area contributed by atoms with E-state index >= 15 is 0 Å². The Morgan fingerprint density at radius 3 is 2.89 bits per heavy atom. The molecule has 0 amide bonds. The number of ether oxygens (including phenoxy) is 2. The van der Waals surface area contributed by atoms with Gasteiger partial charge < -0.3 is 9.47 Å². The Morgan fingerprint density at radius 1 is 1.47 bits per heavy atom. The Labute approximate surface area is 118 Å². The van der Waals surface area contributed by atoms with Gasteiger partial charge in [0.2, 0.25) is 5.79 Å². The molecule has 0 aliphatic carbocycles. The first-order chi connectivity index (χ1) is 9.14. The molecule has 0 unspecified atom stereocenters. The van der Waals surface area contributed by atoms with Gasteiger partial charge in [0, 0.05) is 0 Å². The molecular weight excluding hydrogens is 262 g/mol. The third kappa shape index (κ3) is 3.79. The molecular formula is C14H20NO3S+. The van der Waals surface area contributed by atoms with E-state index < -0.39 is 5.79 Å². The van der Waals surface area contributed by atoms with Gasteiger partial charge in [-0.1, -0.05) is 6.07 Å². The molecule has 4 nitrogen and oxygen atoms in total. The molecule has 0 saturated carbocycles. The monoisotopic (exact) mass is 282 g/mol. The number of rotatable bonds is 5. The summed E-state index contributed by atoms with van der Waals surface area (Å²) in [7, 11) is 0. The molecule has 0 bridgehead atoms. The highest BCUT2D eigenvalue weighted by atomic mass is 32.2. The highest BCUT2D eigenvalue weighted by Gasteiger charge is 2.34. The maximum Gasteiger partial charge on any atom is 0.209 e. The fourth-order valence-corrected chi connectivity index (χ4v) is 2.24. The Balaban J connectivity index is 2.15. The van der Waals surface area contributed by atoms with E-state index in [9.17, 15) is 0 Å². The van der Waals surface area contributed by atoms with Crippen LogP contribution >= 0.6 is 0 Å². The van der Waals surface area contributed by atoms with Gasteiger partial charge in [-0.2, -0.15) is 4.18 Å². The van der Waals surface area contributed by atoms with E-state index in [1.165, 1.54) is 0 Å². The van der Waals surface area contributed by atoms with E-state index in [1.807, 2.05) is 44.4 Å². The van der Waals surface area contributed by atoms with Crippen LogP contribution in [0.1, 0.15) is 25.2 Å². The van der Waals surface area contributed by atoms with Gasteiger partial charge in [0.25, 0.3) is 0 Å². The molecule has 1 fully saturated rings. The van der Waals surface area contributed by atoms with Crippen LogP contribution in [0.4, 0.5) is 0 Å². The lowest BCUT2D eigenvalue weighted by atomic mass is 10.1. The zero-order chi connectivity index (χ0) is 13.7. The van der Waals surface area contributed by atoms with Crippen LogP contribution < -0.4 is 0 Å². The van der Waals surface area contributed by atoms with E-state index in [0.29, 0.717) is 19.8 Å². The second-order valence-electron chi connectivity index (χ2n) is 4.54. The molecule has 2 rings (SSSR count). The molecule has 1 saturated heterocycles. The Morgan fingerprint density at radius 2 is 2.21 bits per heavy atom. The summed E-state index contributed by atoms with van der Waals surface area (Å²) in [5.74, 6) is -0.712. The van der Waals surface area contributed by atoms with Gasteiger partial charge in [-0.25, -0.2) is 4.98 Å². The zero-order valence-electron chi connectivity index (χ0n) is 11.5. The van der Waals surface area contributed by atoms with Crippen LogP contribution in [-0.4, -0.2) is 31.1 Å². The number of hydrogen-bond donors (Lipinski definition) is 0. The predicted molar refractivity (Wildman–Crippen MR) is 77.8 cm³/mol. The molecule has 19 heavy (non-hydrogen) atoms. The molecule has 1 aliphatic rings. The van der Waals surface area contributed by atoms with E-state index in [0.717, 1.165) is 29.0 Å². The molecule has 1 aliphatic heterocycles. The molecule has 0 aromatic carbocycles. The number of hydrogen-bond acceptors (Lipinski definition) is 4. The second-order valence-corrected chi connectivity index (χ2v) is 5.16. The van der Waals surface area contributed by atoms with Crippen LogP contribution in [0.2, 0.25) is 0 Å². The maximum absolute atomic E-state index is 5.62. The van der Waals surface area contributed by atoms with Crippen LogP contribution in [0, 0.1) is 0 Å². The van der Waals surface area contributed by atoms with Crippen molar-refractivity contribution in [1.29, 1.82) is 0 Å². The zero-order valence-corrected chi connectivity index (χ0v) is 12.4. The Hall–Kier alpha value is -0.880. The molecule has 1 aromatic rings. The second kappa shape index (κ2) is 6.52. The van der Waals surface area contributed by atoms with Gasteiger partial charge in [-0.3, -0.25) is 0 Å². The number of aromatic nitrogens is 1. The third-order valence-electron chi connectivity index (χ3n) is 2.89. The lowest BCUT2D eigenvalue weighted by Gasteiger charge is -2.21. The van der Waals surface area contributed by atoms with Gasteiger partial charge in [-0.05, 0) is 37.6 Å². The summed E-state index contributed by atoms with van der Waals surface area (Å²) in [4.78, 5) is 4.59. The Bertz CT molecular complexity index is 456. The molecule has 104 valence electrons. The van der Waals surface area contributed by atoms with E-state index in [2.05, 4.69) is 4.98 Å². The quantitative estimate of drug-likeness (QED) is 0.612. The number of thiol groups is 1. The minimum Gasteiger partial charge on any atom is -0.342 e. The summed E-state index contributed by atoms with van der Waals surface area (Å²) in [6.07, 6.45) is 3.98. The summed E-state index contributed by atoms with van der Waals surface area (Å²) in [6, 6.07) is 5.87. The van der Waals surface area contributed by atoms with Gasteiger partial charge >= 0.3 is 0 Å². The van der Waals surface area contributed by atoms with E-state index in [-0.39, 0.29) is 0 Å². The highest BCUT2D eigenvalue weighted by molar-refractivity contribution is 7.72. The third-order valence-corrected chi connectivity index (χ3v) is 3.28. The van der Waals surface area contributed by atoms with Crippen LogP contribution in [-0.2, 0) is 31.5 Å². The van der Waals surface area contributed by atoms with Crippen molar-refractivity contribution in [3.8, 4) is 0 Å². The first-order valence-corrected chi connectivity index (χ1v) is 7.54. The van der Waals surface area contributed by atoms with Crippen molar-refractivity contribution >= 4 is 18.1 Å². The van der Waals surface area contributed by atoms with E-state index in [1.54, 1.807) is 0 Å². The topological polar surface area (TPSA) is 40.6 Å². The van der Waals surface area contributed by atoms with Crippen LogP contribution in [0.3, 0.4) is 0 Å². The molecule has 1 aromatic heterocycles. The summed E-state index contributed by atoms with van der Waals surface area (Å²) in [5, 5.41) is 0. The smallest absolute Gasteiger partial charge is 0.209 e. The summed E-state index contributed by atoms with van der Waals surface area (Å²) >= 11 is 0.934. The minimum atomic E-state index is -0.712. The average molecular weight is 282 g/mol. The summed E-state index contributed by atoms with van der Waals surface area (Å²) in [6.45, 7) is 5.78. The fourth-order valence-electron chi connectivity index (χ4n) is 1.91. The summed E-state index contributed by atoms with van der Waals surface area (Å²) in [5.41, 5.74) is 2.84. The lowest BCUT2D eigenvalue weighted by molar-refractivity contribution is -0.152. The largest absolute Gasteiger partial charge is 0.342 e. The van der Waals surface area contributed by atoms with Gasteiger partial charge in [-0.15, -0.1) is 0 Å². The molecule has 0 radical (unpaired) electrons. The first-order valence-electron chi connectivity index (χ1n) is 6.28. The van der Waals surface area contributed by atoms with Gasteiger partial charge in [0.15, 0.2) is 0 Å². The first kappa shape index (κ1) is 14.5. The van der Waals surface area contributed by atoms with E-state index in [4.69, 9.17) is 13.7 Å². The van der Waals surface area contributed by atoms with Crippen molar-refractivity contribution in [3.05, 3.63) is 35.2 Å². The Kier molecular flexibility index (Phi) is 4.99. The SMILES string of the molecule is C[SH+]OC/C(C)=C/c1cccc(C2(C)OCCO2)n1.